The summed E-state index contributed by atoms with van der Waals surface area (Å²) in [5, 5.41) is 0.710. The van der Waals surface area contributed by atoms with Crippen LogP contribution in [0.25, 0.3) is 0 Å². The van der Waals surface area contributed by atoms with Crippen molar-refractivity contribution in [2.45, 2.75) is 0 Å². The van der Waals surface area contributed by atoms with Crippen molar-refractivity contribution in [3.05, 3.63) is 53.6 Å². The summed E-state index contributed by atoms with van der Waals surface area (Å²) in [7, 11) is 2.00. The molecule has 0 unspecified atom stereocenters. The van der Waals surface area contributed by atoms with Crippen molar-refractivity contribution in [2.24, 2.45) is 0 Å². The van der Waals surface area contributed by atoms with Crippen molar-refractivity contribution >= 4 is 23.0 Å². The van der Waals surface area contributed by atoms with Crippen LogP contribution in [0.3, 0.4) is 0 Å². The average Bonchev–Trinajstić information content (AvgIpc) is 2.41. The number of rotatable bonds is 5. The van der Waals surface area contributed by atoms with Gasteiger partial charge in [0.25, 0.3) is 0 Å². The predicted octanol–water partition coefficient (Wildman–Crippen LogP) is 3.44. The zero-order chi connectivity index (χ0) is 13.7. The second-order valence-electron chi connectivity index (χ2n) is 4.28. The average molecular weight is 277 g/mol. The molecule has 0 fully saturated rings. The quantitative estimate of drug-likeness (QED) is 0.850. The van der Waals surface area contributed by atoms with Crippen LogP contribution in [0.15, 0.2) is 48.5 Å². The fourth-order valence-corrected chi connectivity index (χ4v) is 1.91. The first kappa shape index (κ1) is 13.6. The minimum Gasteiger partial charge on any atom is -0.492 e. The highest BCUT2D eigenvalue weighted by molar-refractivity contribution is 6.30. The van der Waals surface area contributed by atoms with Crippen LogP contribution in [0.5, 0.6) is 5.75 Å². The number of anilines is 2. The normalized spacial score (nSPS) is 10.2. The Labute approximate surface area is 118 Å². The first-order valence-corrected chi connectivity index (χ1v) is 6.48. The summed E-state index contributed by atoms with van der Waals surface area (Å²) in [5.74, 6) is 0.818. The van der Waals surface area contributed by atoms with Gasteiger partial charge in [-0.05, 0) is 36.4 Å². The molecule has 0 aliphatic heterocycles. The van der Waals surface area contributed by atoms with E-state index in [0.717, 1.165) is 23.7 Å². The Morgan fingerprint density at radius 1 is 1.11 bits per heavy atom. The summed E-state index contributed by atoms with van der Waals surface area (Å²) in [5.41, 5.74) is 7.71. The van der Waals surface area contributed by atoms with Gasteiger partial charge in [-0.15, -0.1) is 0 Å². The number of para-hydroxylation sites is 2. The van der Waals surface area contributed by atoms with E-state index in [1.54, 1.807) is 0 Å². The highest BCUT2D eigenvalue weighted by Crippen LogP contribution is 2.21. The molecule has 2 aromatic rings. The minimum atomic E-state index is 0.590. The zero-order valence-electron chi connectivity index (χ0n) is 10.8. The van der Waals surface area contributed by atoms with Crippen LogP contribution in [0.1, 0.15) is 0 Å². The lowest BCUT2D eigenvalue weighted by molar-refractivity contribution is 0.326. The van der Waals surface area contributed by atoms with Crippen molar-refractivity contribution in [3.8, 4) is 5.75 Å². The number of nitrogen functional groups attached to an aromatic ring is 1. The van der Waals surface area contributed by atoms with Crippen LogP contribution in [-0.2, 0) is 0 Å². The van der Waals surface area contributed by atoms with E-state index in [9.17, 15) is 0 Å². The van der Waals surface area contributed by atoms with Crippen molar-refractivity contribution in [3.63, 3.8) is 0 Å². The van der Waals surface area contributed by atoms with Gasteiger partial charge in [-0.25, -0.2) is 0 Å². The fraction of sp³-hybridized carbons (Fsp3) is 0.200. The Bertz CT molecular complexity index is 528. The second kappa shape index (κ2) is 6.34. The Balaban J connectivity index is 1.86. The van der Waals surface area contributed by atoms with E-state index in [1.807, 2.05) is 55.6 Å². The van der Waals surface area contributed by atoms with Crippen LogP contribution in [0, 0.1) is 0 Å². The number of nitrogens with two attached hydrogens (primary N) is 1. The van der Waals surface area contributed by atoms with Gasteiger partial charge in [-0.3, -0.25) is 0 Å². The van der Waals surface area contributed by atoms with E-state index >= 15 is 0 Å². The molecular weight excluding hydrogens is 260 g/mol. The molecule has 2 rings (SSSR count). The molecule has 0 heterocycles. The first-order chi connectivity index (χ1) is 9.16. The van der Waals surface area contributed by atoms with E-state index in [0.29, 0.717) is 11.6 Å². The number of ether oxygens (including phenoxy) is 1. The number of hydrogen-bond acceptors (Lipinski definition) is 3. The van der Waals surface area contributed by atoms with Gasteiger partial charge in [0.15, 0.2) is 0 Å². The van der Waals surface area contributed by atoms with Crippen molar-refractivity contribution in [1.82, 2.24) is 0 Å². The molecule has 0 aliphatic rings. The molecule has 3 nitrogen and oxygen atoms in total. The highest BCUT2D eigenvalue weighted by atomic mass is 35.5. The Kier molecular flexibility index (Phi) is 4.53. The molecule has 0 bridgehead atoms. The first-order valence-electron chi connectivity index (χ1n) is 6.11. The Hall–Kier alpha value is -1.87. The molecule has 0 saturated carbocycles. The van der Waals surface area contributed by atoms with Gasteiger partial charge in [-0.1, -0.05) is 23.7 Å². The van der Waals surface area contributed by atoms with Crippen LogP contribution >= 0.6 is 11.6 Å². The molecule has 2 N–H and O–H groups in total. The summed E-state index contributed by atoms with van der Waals surface area (Å²) < 4.78 is 5.65. The maximum Gasteiger partial charge on any atom is 0.119 e. The lowest BCUT2D eigenvalue weighted by Gasteiger charge is -2.21. The topological polar surface area (TPSA) is 38.5 Å². The molecule has 0 aromatic heterocycles. The Morgan fingerprint density at radius 2 is 1.79 bits per heavy atom. The zero-order valence-corrected chi connectivity index (χ0v) is 11.6. The smallest absolute Gasteiger partial charge is 0.119 e. The number of hydrogen-bond donors (Lipinski definition) is 1. The third-order valence-corrected chi connectivity index (χ3v) is 3.11. The maximum atomic E-state index is 5.92. The number of benzene rings is 2. The summed E-state index contributed by atoms with van der Waals surface area (Å²) in [6.45, 7) is 1.35. The van der Waals surface area contributed by atoms with Crippen LogP contribution < -0.4 is 15.4 Å². The van der Waals surface area contributed by atoms with E-state index < -0.39 is 0 Å². The standard InChI is InChI=1S/C15H17ClN2O/c1-18(15-5-3-2-4-14(15)17)10-11-19-13-8-6-12(16)7-9-13/h2-9H,10-11,17H2,1H3. The monoisotopic (exact) mass is 276 g/mol. The van der Waals surface area contributed by atoms with Crippen LogP contribution in [0.4, 0.5) is 11.4 Å². The van der Waals surface area contributed by atoms with Gasteiger partial charge in [-0.2, -0.15) is 0 Å². The van der Waals surface area contributed by atoms with Crippen molar-refractivity contribution in [1.29, 1.82) is 0 Å². The lowest BCUT2D eigenvalue weighted by Crippen LogP contribution is -2.24. The summed E-state index contributed by atoms with van der Waals surface area (Å²) in [6.07, 6.45) is 0. The molecule has 0 saturated heterocycles. The van der Waals surface area contributed by atoms with E-state index in [-0.39, 0.29) is 0 Å². The van der Waals surface area contributed by atoms with E-state index in [2.05, 4.69) is 4.90 Å². The van der Waals surface area contributed by atoms with Crippen LogP contribution in [0.2, 0.25) is 5.02 Å². The molecule has 0 spiro atoms. The molecule has 19 heavy (non-hydrogen) atoms. The minimum absolute atomic E-state index is 0.590. The molecule has 100 valence electrons. The third kappa shape index (κ3) is 3.80. The molecule has 2 aromatic carbocycles. The number of nitrogens with zero attached hydrogens (tertiary/aromatic N) is 1. The number of likely N-dealkylation sites (N-methyl/N-ethyl adjacent to an activating group) is 1. The Morgan fingerprint density at radius 3 is 2.47 bits per heavy atom. The van der Waals surface area contributed by atoms with Gasteiger partial charge in [0.05, 0.1) is 17.9 Å². The van der Waals surface area contributed by atoms with Gasteiger partial charge in [0.1, 0.15) is 12.4 Å². The lowest BCUT2D eigenvalue weighted by atomic mass is 10.2. The largest absolute Gasteiger partial charge is 0.492 e. The van der Waals surface area contributed by atoms with E-state index in [1.165, 1.54) is 0 Å². The van der Waals surface area contributed by atoms with Crippen LogP contribution in [-0.4, -0.2) is 20.2 Å². The highest BCUT2D eigenvalue weighted by Gasteiger charge is 2.04. The molecule has 0 radical (unpaired) electrons. The maximum absolute atomic E-state index is 5.92. The summed E-state index contributed by atoms with van der Waals surface area (Å²) in [4.78, 5) is 2.07. The molecular formula is C15H17ClN2O. The van der Waals surface area contributed by atoms with Crippen molar-refractivity contribution in [2.75, 3.05) is 30.8 Å². The predicted molar refractivity (Wildman–Crippen MR) is 81.1 cm³/mol. The molecule has 0 amide bonds. The van der Waals surface area contributed by atoms with Gasteiger partial charge in [0.2, 0.25) is 0 Å². The van der Waals surface area contributed by atoms with Crippen molar-refractivity contribution < 1.29 is 4.74 Å². The molecule has 0 atom stereocenters. The fourth-order valence-electron chi connectivity index (χ4n) is 1.79. The summed E-state index contributed by atoms with van der Waals surface area (Å²) >= 11 is 5.82. The van der Waals surface area contributed by atoms with Gasteiger partial charge in [0, 0.05) is 12.1 Å². The third-order valence-electron chi connectivity index (χ3n) is 2.86. The van der Waals surface area contributed by atoms with Gasteiger partial charge >= 0.3 is 0 Å². The number of halogens is 1. The molecule has 4 heteroatoms. The second-order valence-corrected chi connectivity index (χ2v) is 4.72. The molecule has 0 aliphatic carbocycles. The van der Waals surface area contributed by atoms with Gasteiger partial charge < -0.3 is 15.4 Å². The SMILES string of the molecule is CN(CCOc1ccc(Cl)cc1)c1ccccc1N. The summed E-state index contributed by atoms with van der Waals surface area (Å²) in [6, 6.07) is 15.1. The van der Waals surface area contributed by atoms with E-state index in [4.69, 9.17) is 22.1 Å².